The normalized spacial score (nSPS) is 21.9. The lowest BCUT2D eigenvalue weighted by Crippen LogP contribution is -2.27. The van der Waals surface area contributed by atoms with E-state index in [2.05, 4.69) is 12.2 Å². The number of halogens is 2. The molecule has 0 spiro atoms. The maximum atomic E-state index is 13.9. The molecule has 2 atom stereocenters. The van der Waals surface area contributed by atoms with E-state index >= 15 is 0 Å². The molecule has 1 fully saturated rings. The number of thioether (sulfide) groups is 1. The van der Waals surface area contributed by atoms with Crippen LogP contribution in [0.4, 0.5) is 14.5 Å². The minimum absolute atomic E-state index is 0.0427. The van der Waals surface area contributed by atoms with Gasteiger partial charge >= 0.3 is 5.97 Å². The minimum Gasteiger partial charge on any atom is -0.478 e. The van der Waals surface area contributed by atoms with Crippen molar-refractivity contribution in [3.05, 3.63) is 29.3 Å². The number of carbonyl (C=O) groups is 1. The van der Waals surface area contributed by atoms with E-state index in [1.807, 2.05) is 11.8 Å². The number of carboxylic acids is 1. The van der Waals surface area contributed by atoms with Crippen LogP contribution in [0.1, 0.15) is 36.5 Å². The molecule has 0 bridgehead atoms. The van der Waals surface area contributed by atoms with E-state index in [0.717, 1.165) is 31.1 Å². The fourth-order valence-corrected chi connectivity index (χ4v) is 3.73. The van der Waals surface area contributed by atoms with Crippen molar-refractivity contribution in [3.8, 4) is 0 Å². The summed E-state index contributed by atoms with van der Waals surface area (Å²) in [4.78, 5) is 10.7. The largest absolute Gasteiger partial charge is 0.478 e. The van der Waals surface area contributed by atoms with Crippen LogP contribution in [0.2, 0.25) is 0 Å². The molecule has 2 N–H and O–H groups in total. The van der Waals surface area contributed by atoms with Gasteiger partial charge in [0.05, 0.1) is 11.3 Å². The molecule has 1 aliphatic carbocycles. The highest BCUT2D eigenvalue weighted by Gasteiger charge is 2.28. The number of nitrogens with one attached hydrogen (secondary N) is 1. The van der Waals surface area contributed by atoms with Crippen LogP contribution in [0.5, 0.6) is 0 Å². The summed E-state index contributed by atoms with van der Waals surface area (Å²) < 4.78 is 27.5. The molecule has 2 unspecified atom stereocenters. The lowest BCUT2D eigenvalue weighted by atomic mass is 10.1. The highest BCUT2D eigenvalue weighted by atomic mass is 32.2. The average Bonchev–Trinajstić information content (AvgIpc) is 2.83. The van der Waals surface area contributed by atoms with E-state index in [1.165, 1.54) is 6.07 Å². The summed E-state index contributed by atoms with van der Waals surface area (Å²) in [6.45, 7) is 2.07. The Balaban J connectivity index is 2.18. The van der Waals surface area contributed by atoms with Crippen LogP contribution < -0.4 is 5.32 Å². The topological polar surface area (TPSA) is 49.3 Å². The second kappa shape index (κ2) is 6.43. The molecular weight excluding hydrogens is 284 g/mol. The van der Waals surface area contributed by atoms with Gasteiger partial charge in [0.15, 0.2) is 11.6 Å². The molecule has 0 saturated heterocycles. The number of rotatable bonds is 5. The molecule has 1 aromatic carbocycles. The molecule has 20 heavy (non-hydrogen) atoms. The number of hydrogen-bond donors (Lipinski definition) is 2. The number of carboxylic acid groups (broad SMARTS) is 1. The Morgan fingerprint density at radius 1 is 1.40 bits per heavy atom. The third kappa shape index (κ3) is 3.06. The van der Waals surface area contributed by atoms with Crippen LogP contribution >= 0.6 is 11.8 Å². The zero-order valence-corrected chi connectivity index (χ0v) is 12.0. The lowest BCUT2D eigenvalue weighted by molar-refractivity contribution is 0.0690. The lowest BCUT2D eigenvalue weighted by Gasteiger charge is -2.21. The van der Waals surface area contributed by atoms with Crippen LogP contribution in [0.15, 0.2) is 12.1 Å². The van der Waals surface area contributed by atoms with E-state index in [0.29, 0.717) is 5.25 Å². The first kappa shape index (κ1) is 15.1. The average molecular weight is 301 g/mol. The quantitative estimate of drug-likeness (QED) is 0.869. The van der Waals surface area contributed by atoms with Gasteiger partial charge in [0.25, 0.3) is 0 Å². The second-order valence-electron chi connectivity index (χ2n) is 4.77. The van der Waals surface area contributed by atoms with Gasteiger partial charge in [-0.3, -0.25) is 0 Å². The van der Waals surface area contributed by atoms with Crippen molar-refractivity contribution in [1.29, 1.82) is 0 Å². The first-order chi connectivity index (χ1) is 9.54. The number of aromatic carboxylic acids is 1. The fourth-order valence-electron chi connectivity index (χ4n) is 2.53. The highest BCUT2D eigenvalue weighted by Crippen LogP contribution is 2.33. The summed E-state index contributed by atoms with van der Waals surface area (Å²) in [6.07, 6.45) is 3.04. The molecule has 0 radical (unpaired) electrons. The molecular formula is C14H17F2NO2S. The van der Waals surface area contributed by atoms with Gasteiger partial charge in [0, 0.05) is 11.3 Å². The summed E-state index contributed by atoms with van der Waals surface area (Å²) >= 11 is 1.81. The Labute approximate surface area is 120 Å². The zero-order chi connectivity index (χ0) is 14.7. The Morgan fingerprint density at radius 3 is 2.80 bits per heavy atom. The van der Waals surface area contributed by atoms with Gasteiger partial charge in [-0.1, -0.05) is 13.3 Å². The predicted octanol–water partition coefficient (Wildman–Crippen LogP) is 3.75. The number of hydrogen-bond acceptors (Lipinski definition) is 3. The molecule has 2 rings (SSSR count). The van der Waals surface area contributed by atoms with Gasteiger partial charge in [-0.2, -0.15) is 11.8 Å². The number of benzene rings is 1. The molecule has 1 saturated carbocycles. The van der Waals surface area contributed by atoms with Crippen LogP contribution in [0.3, 0.4) is 0 Å². The highest BCUT2D eigenvalue weighted by molar-refractivity contribution is 7.99. The van der Waals surface area contributed by atoms with Crippen LogP contribution in [-0.4, -0.2) is 28.1 Å². The monoisotopic (exact) mass is 301 g/mol. The van der Waals surface area contributed by atoms with Crippen molar-refractivity contribution in [1.82, 2.24) is 0 Å². The summed E-state index contributed by atoms with van der Waals surface area (Å²) in [5.74, 6) is -2.90. The summed E-state index contributed by atoms with van der Waals surface area (Å²) in [7, 11) is 0. The van der Waals surface area contributed by atoms with Gasteiger partial charge in [-0.25, -0.2) is 13.6 Å². The summed E-state index contributed by atoms with van der Waals surface area (Å²) in [5.41, 5.74) is -0.597. The van der Waals surface area contributed by atoms with Gasteiger partial charge in [-0.15, -0.1) is 0 Å². The van der Waals surface area contributed by atoms with Crippen molar-refractivity contribution in [2.75, 3.05) is 11.1 Å². The van der Waals surface area contributed by atoms with Crippen molar-refractivity contribution in [2.24, 2.45) is 0 Å². The third-order valence-corrected chi connectivity index (χ3v) is 4.81. The first-order valence-electron chi connectivity index (χ1n) is 6.64. The van der Waals surface area contributed by atoms with E-state index in [-0.39, 0.29) is 11.7 Å². The second-order valence-corrected chi connectivity index (χ2v) is 6.29. The molecule has 0 heterocycles. The standard InChI is InChI=1S/C14H17F2NO2S/c1-2-20-11-5-3-4-9(11)17-10-7-6-8(14(18)19)12(15)13(10)16/h6-7,9,11,17H,2-5H2,1H3,(H,18,19). The van der Waals surface area contributed by atoms with Gasteiger partial charge in [-0.05, 0) is 30.7 Å². The Hall–Kier alpha value is -1.30. The molecule has 1 aliphatic rings. The predicted molar refractivity (Wildman–Crippen MR) is 76.5 cm³/mol. The molecule has 0 aromatic heterocycles. The van der Waals surface area contributed by atoms with E-state index in [1.54, 1.807) is 0 Å². The number of anilines is 1. The summed E-state index contributed by atoms with van der Waals surface area (Å²) in [6, 6.07) is 2.50. The first-order valence-corrected chi connectivity index (χ1v) is 7.69. The SMILES string of the molecule is CCSC1CCCC1Nc1ccc(C(=O)O)c(F)c1F. The maximum Gasteiger partial charge on any atom is 0.338 e. The fraction of sp³-hybridized carbons (Fsp3) is 0.500. The van der Waals surface area contributed by atoms with Crippen molar-refractivity contribution < 1.29 is 18.7 Å². The van der Waals surface area contributed by atoms with Crippen molar-refractivity contribution in [3.63, 3.8) is 0 Å². The van der Waals surface area contributed by atoms with Gasteiger partial charge in [0.1, 0.15) is 0 Å². The zero-order valence-electron chi connectivity index (χ0n) is 11.2. The van der Waals surface area contributed by atoms with Crippen LogP contribution in [-0.2, 0) is 0 Å². The van der Waals surface area contributed by atoms with E-state index in [4.69, 9.17) is 5.11 Å². The molecule has 1 aromatic rings. The Morgan fingerprint density at radius 2 is 2.15 bits per heavy atom. The molecule has 3 nitrogen and oxygen atoms in total. The molecule has 0 aliphatic heterocycles. The van der Waals surface area contributed by atoms with Crippen LogP contribution in [0.25, 0.3) is 0 Å². The van der Waals surface area contributed by atoms with Gasteiger partial charge in [0.2, 0.25) is 0 Å². The Kier molecular flexibility index (Phi) is 4.86. The molecule has 0 amide bonds. The smallest absolute Gasteiger partial charge is 0.338 e. The minimum atomic E-state index is -1.46. The molecule has 110 valence electrons. The van der Waals surface area contributed by atoms with E-state index < -0.39 is 23.2 Å². The van der Waals surface area contributed by atoms with Crippen molar-refractivity contribution in [2.45, 2.75) is 37.5 Å². The summed E-state index contributed by atoms with van der Waals surface area (Å²) in [5, 5.41) is 12.2. The van der Waals surface area contributed by atoms with Crippen LogP contribution in [0, 0.1) is 11.6 Å². The van der Waals surface area contributed by atoms with E-state index in [9.17, 15) is 13.6 Å². The van der Waals surface area contributed by atoms with Gasteiger partial charge < -0.3 is 10.4 Å². The van der Waals surface area contributed by atoms with Crippen molar-refractivity contribution >= 4 is 23.4 Å². The molecule has 6 heteroatoms. The third-order valence-electron chi connectivity index (χ3n) is 3.49. The Bertz CT molecular complexity index is 510. The maximum absolute atomic E-state index is 13.9.